The fourth-order valence-electron chi connectivity index (χ4n) is 5.53. The second-order valence-corrected chi connectivity index (χ2v) is 12.6. The highest BCUT2D eigenvalue weighted by atomic mass is 16.5. The summed E-state index contributed by atoms with van der Waals surface area (Å²) in [6.07, 6.45) is 9.09. The Balaban J connectivity index is 1.09. The molecule has 0 aliphatic heterocycles. The van der Waals surface area contributed by atoms with E-state index in [0.29, 0.717) is 42.0 Å². The van der Waals surface area contributed by atoms with Gasteiger partial charge in [-0.2, -0.15) is 0 Å². The minimum absolute atomic E-state index is 0.0367. The van der Waals surface area contributed by atoms with Gasteiger partial charge in [-0.3, -0.25) is 0 Å². The second kappa shape index (κ2) is 24.0. The van der Waals surface area contributed by atoms with Crippen LogP contribution in [0.3, 0.4) is 0 Å². The van der Waals surface area contributed by atoms with E-state index in [1.54, 1.807) is 24.3 Å². The topological polar surface area (TPSA) is 164 Å². The van der Waals surface area contributed by atoms with Gasteiger partial charge in [0.1, 0.15) is 17.2 Å². The summed E-state index contributed by atoms with van der Waals surface area (Å²) in [5, 5.41) is 65.0. The van der Waals surface area contributed by atoms with E-state index in [-0.39, 0.29) is 24.7 Å². The fraction of sp³-hybridized carbons (Fsp3) is 0.538. The van der Waals surface area contributed by atoms with E-state index >= 15 is 0 Å². The first-order chi connectivity index (χ1) is 23.9. The van der Waals surface area contributed by atoms with Crippen LogP contribution in [0.25, 0.3) is 0 Å². The van der Waals surface area contributed by atoms with E-state index in [4.69, 9.17) is 9.47 Å². The third kappa shape index (κ3) is 15.9. The van der Waals surface area contributed by atoms with Crippen LogP contribution in [0.15, 0.2) is 60.7 Å². The van der Waals surface area contributed by atoms with Gasteiger partial charge in [0.25, 0.3) is 0 Å². The molecule has 0 amide bonds. The standard InChI is InChI=1S/C39H58N2O8/c42-28-33-24-31(13-17-36(33)44)38(46)26-40-19-5-1-3-7-21-48-22-9-10-30-11-15-35(16-12-30)49-23-8-4-2-6-20-41-27-39(47)32-14-18-37(45)34(25-32)29-43/h11-18,24-25,38-47H,1-10,19-23,26-29H2. The van der Waals surface area contributed by atoms with Crippen molar-refractivity contribution in [1.82, 2.24) is 10.6 Å². The molecule has 0 radical (unpaired) electrons. The molecule has 0 aromatic heterocycles. The maximum absolute atomic E-state index is 10.3. The molecular weight excluding hydrogens is 624 g/mol. The Morgan fingerprint density at radius 3 is 1.57 bits per heavy atom. The highest BCUT2D eigenvalue weighted by Crippen LogP contribution is 2.23. The first-order valence-corrected chi connectivity index (χ1v) is 17.8. The Kier molecular flexibility index (Phi) is 19.7. The molecule has 3 rings (SSSR count). The zero-order chi connectivity index (χ0) is 35.1. The van der Waals surface area contributed by atoms with Crippen LogP contribution in [0, 0.1) is 0 Å². The maximum atomic E-state index is 10.3. The number of hydrogen-bond acceptors (Lipinski definition) is 10. The van der Waals surface area contributed by atoms with Crippen LogP contribution in [-0.2, 0) is 24.4 Å². The van der Waals surface area contributed by atoms with E-state index < -0.39 is 12.2 Å². The van der Waals surface area contributed by atoms with Gasteiger partial charge < -0.3 is 50.7 Å². The Morgan fingerprint density at radius 2 is 1.04 bits per heavy atom. The molecule has 10 heteroatoms. The lowest BCUT2D eigenvalue weighted by atomic mass is 10.1. The number of rotatable bonds is 27. The van der Waals surface area contributed by atoms with Crippen molar-refractivity contribution in [2.24, 2.45) is 0 Å². The summed E-state index contributed by atoms with van der Waals surface area (Å²) in [4.78, 5) is 0. The molecule has 0 bridgehead atoms. The van der Waals surface area contributed by atoms with E-state index in [1.807, 2.05) is 12.1 Å². The van der Waals surface area contributed by atoms with Crippen molar-refractivity contribution in [3.05, 3.63) is 88.5 Å². The highest BCUT2D eigenvalue weighted by Gasteiger charge is 2.11. The minimum Gasteiger partial charge on any atom is -0.508 e. The number of unbranched alkanes of at least 4 members (excludes halogenated alkanes) is 6. The number of hydrogen-bond donors (Lipinski definition) is 8. The highest BCUT2D eigenvalue weighted by molar-refractivity contribution is 5.37. The van der Waals surface area contributed by atoms with Crippen molar-refractivity contribution in [2.75, 3.05) is 46.0 Å². The van der Waals surface area contributed by atoms with Gasteiger partial charge in [0.15, 0.2) is 0 Å². The average molecular weight is 683 g/mol. The van der Waals surface area contributed by atoms with Crippen molar-refractivity contribution >= 4 is 0 Å². The Hall–Kier alpha value is -3.22. The monoisotopic (exact) mass is 682 g/mol. The largest absolute Gasteiger partial charge is 0.508 e. The summed E-state index contributed by atoms with van der Waals surface area (Å²) in [7, 11) is 0. The average Bonchev–Trinajstić information content (AvgIpc) is 3.12. The summed E-state index contributed by atoms with van der Waals surface area (Å²) in [5.74, 6) is 0.973. The van der Waals surface area contributed by atoms with E-state index in [0.717, 1.165) is 96.3 Å². The maximum Gasteiger partial charge on any atom is 0.121 e. The van der Waals surface area contributed by atoms with Gasteiger partial charge in [-0.05, 0) is 105 Å². The molecule has 0 fully saturated rings. The zero-order valence-corrected chi connectivity index (χ0v) is 28.9. The number of benzene rings is 3. The molecule has 0 saturated heterocycles. The molecule has 0 saturated carbocycles. The number of ether oxygens (including phenoxy) is 2. The van der Waals surface area contributed by atoms with Gasteiger partial charge in [0.2, 0.25) is 0 Å². The number of aliphatic hydroxyl groups excluding tert-OH is 4. The number of aromatic hydroxyl groups is 2. The van der Waals surface area contributed by atoms with Crippen LogP contribution in [0.2, 0.25) is 0 Å². The predicted octanol–water partition coefficient (Wildman–Crippen LogP) is 5.18. The van der Waals surface area contributed by atoms with Gasteiger partial charge in [0, 0.05) is 37.4 Å². The molecule has 3 aromatic rings. The summed E-state index contributed by atoms with van der Waals surface area (Å²) < 4.78 is 11.7. The van der Waals surface area contributed by atoms with Gasteiger partial charge in [-0.25, -0.2) is 0 Å². The molecule has 0 aliphatic rings. The summed E-state index contributed by atoms with van der Waals surface area (Å²) in [5.41, 5.74) is 3.48. The first kappa shape index (κ1) is 40.2. The number of phenols is 2. The smallest absolute Gasteiger partial charge is 0.121 e. The Morgan fingerprint density at radius 1 is 0.551 bits per heavy atom. The molecule has 0 spiro atoms. The van der Waals surface area contributed by atoms with Crippen LogP contribution in [0.1, 0.15) is 97.8 Å². The van der Waals surface area contributed by atoms with E-state index in [2.05, 4.69) is 22.8 Å². The molecule has 49 heavy (non-hydrogen) atoms. The first-order valence-electron chi connectivity index (χ1n) is 17.8. The predicted molar refractivity (Wildman–Crippen MR) is 192 cm³/mol. The van der Waals surface area contributed by atoms with E-state index in [9.17, 15) is 30.6 Å². The summed E-state index contributed by atoms with van der Waals surface area (Å²) in [6.45, 7) is 4.23. The van der Waals surface area contributed by atoms with Crippen molar-refractivity contribution < 1.29 is 40.1 Å². The fourth-order valence-corrected chi connectivity index (χ4v) is 5.53. The van der Waals surface area contributed by atoms with Crippen molar-refractivity contribution in [3.8, 4) is 17.2 Å². The lowest BCUT2D eigenvalue weighted by Gasteiger charge is -2.14. The lowest BCUT2D eigenvalue weighted by Crippen LogP contribution is -2.22. The molecule has 3 aromatic carbocycles. The third-order valence-electron chi connectivity index (χ3n) is 8.58. The van der Waals surface area contributed by atoms with Gasteiger partial charge in [0.05, 0.1) is 32.0 Å². The second-order valence-electron chi connectivity index (χ2n) is 12.6. The van der Waals surface area contributed by atoms with Crippen molar-refractivity contribution in [2.45, 2.75) is 89.6 Å². The minimum atomic E-state index is -0.683. The lowest BCUT2D eigenvalue weighted by molar-refractivity contribution is 0.127. The molecule has 0 aliphatic carbocycles. The van der Waals surface area contributed by atoms with E-state index in [1.165, 1.54) is 17.7 Å². The molecule has 8 N–H and O–H groups in total. The number of aryl methyl sites for hydroxylation is 1. The summed E-state index contributed by atoms with van der Waals surface area (Å²) in [6, 6.07) is 18.0. The molecule has 272 valence electrons. The SMILES string of the molecule is OCc1cc(C(O)CNCCCCCCOCCCc2ccc(OCCCCCCNCC(O)c3ccc(O)c(CO)c3)cc2)ccc1O. The molecule has 2 atom stereocenters. The quantitative estimate of drug-likeness (QED) is 0.0503. The number of aliphatic hydroxyl groups is 4. The van der Waals surface area contributed by atoms with Crippen LogP contribution >= 0.6 is 0 Å². The number of nitrogens with one attached hydrogen (secondary N) is 2. The van der Waals surface area contributed by atoms with Crippen molar-refractivity contribution in [1.29, 1.82) is 0 Å². The Labute approximate surface area is 291 Å². The van der Waals surface area contributed by atoms with Gasteiger partial charge in [-0.15, -0.1) is 0 Å². The van der Waals surface area contributed by atoms with Crippen LogP contribution in [0.4, 0.5) is 0 Å². The third-order valence-corrected chi connectivity index (χ3v) is 8.58. The van der Waals surface area contributed by atoms with Gasteiger partial charge in [-0.1, -0.05) is 49.9 Å². The molecule has 0 heterocycles. The summed E-state index contributed by atoms with van der Waals surface area (Å²) >= 11 is 0. The van der Waals surface area contributed by atoms with Crippen LogP contribution < -0.4 is 15.4 Å². The van der Waals surface area contributed by atoms with Gasteiger partial charge >= 0.3 is 0 Å². The Bertz CT molecular complexity index is 1310. The normalized spacial score (nSPS) is 12.7. The molecular formula is C39H58N2O8. The van der Waals surface area contributed by atoms with Crippen LogP contribution in [0.5, 0.6) is 17.2 Å². The van der Waals surface area contributed by atoms with Crippen molar-refractivity contribution in [3.63, 3.8) is 0 Å². The zero-order valence-electron chi connectivity index (χ0n) is 28.9. The molecule has 10 nitrogen and oxygen atoms in total. The van der Waals surface area contributed by atoms with Crippen LogP contribution in [-0.4, -0.2) is 76.6 Å². The molecule has 2 unspecified atom stereocenters.